The van der Waals surface area contributed by atoms with Crippen LogP contribution in [0.25, 0.3) is 0 Å². The molecule has 0 spiro atoms. The van der Waals surface area contributed by atoms with E-state index in [4.69, 9.17) is 10.5 Å². The maximum absolute atomic E-state index is 12.5. The number of hydrogen-bond donors (Lipinski definition) is 1. The molecular weight excluding hydrogens is 363 g/mol. The Morgan fingerprint density at radius 3 is 2.60 bits per heavy atom. The summed E-state index contributed by atoms with van der Waals surface area (Å²) in [6, 6.07) is 7.01. The Bertz CT molecular complexity index is 669. The number of rotatable bonds is 6. The predicted molar refractivity (Wildman–Crippen MR) is 103 cm³/mol. The molecule has 2 N–H and O–H groups in total. The van der Waals surface area contributed by atoms with Gasteiger partial charge in [0.2, 0.25) is 5.88 Å². The van der Waals surface area contributed by atoms with Crippen molar-refractivity contribution in [1.82, 2.24) is 14.9 Å². The van der Waals surface area contributed by atoms with Crippen molar-refractivity contribution in [2.45, 2.75) is 13.8 Å². The van der Waals surface area contributed by atoms with Crippen LogP contribution in [0.1, 0.15) is 24.2 Å². The second-order valence-electron chi connectivity index (χ2n) is 6.20. The summed E-state index contributed by atoms with van der Waals surface area (Å²) in [5, 5.41) is 0. The molecule has 138 valence electrons. The van der Waals surface area contributed by atoms with Gasteiger partial charge >= 0.3 is 0 Å². The smallest absolute Gasteiger partial charge is 0.253 e. The summed E-state index contributed by atoms with van der Waals surface area (Å²) in [5.41, 5.74) is 6.16. The molecule has 0 bridgehead atoms. The van der Waals surface area contributed by atoms with Gasteiger partial charge in [-0.05, 0) is 30.2 Å². The summed E-state index contributed by atoms with van der Waals surface area (Å²) in [5.74, 6) is 0.855. The Hall–Kier alpha value is -1.89. The fraction of sp³-hybridized carbons (Fsp3) is 0.353. The molecule has 1 aromatic carbocycles. The third-order valence-electron chi connectivity index (χ3n) is 3.41. The minimum absolute atomic E-state index is 0. The van der Waals surface area contributed by atoms with E-state index < -0.39 is 0 Å². The number of nitrogens with two attached hydrogens (primary N) is 1. The van der Waals surface area contributed by atoms with Gasteiger partial charge in [0.25, 0.3) is 5.91 Å². The molecule has 6 nitrogen and oxygen atoms in total. The largest absolute Gasteiger partial charge is 0.437 e. The highest BCUT2D eigenvalue weighted by atomic mass is 35.5. The zero-order chi connectivity index (χ0) is 16.9. The van der Waals surface area contributed by atoms with Crippen LogP contribution in [-0.4, -0.2) is 40.9 Å². The van der Waals surface area contributed by atoms with E-state index in [1.54, 1.807) is 48.6 Å². The number of ether oxygens (including phenoxy) is 1. The summed E-state index contributed by atoms with van der Waals surface area (Å²) < 4.78 is 5.61. The lowest BCUT2D eigenvalue weighted by Crippen LogP contribution is -2.39. The number of aromatic nitrogens is 2. The Morgan fingerprint density at radius 2 is 2.00 bits per heavy atom. The average Bonchev–Trinajstić information content (AvgIpc) is 2.55. The topological polar surface area (TPSA) is 81.3 Å². The van der Waals surface area contributed by atoms with Gasteiger partial charge in [-0.15, -0.1) is 24.8 Å². The molecule has 25 heavy (non-hydrogen) atoms. The highest BCUT2D eigenvalue weighted by Crippen LogP contribution is 2.21. The van der Waals surface area contributed by atoms with E-state index in [1.807, 2.05) is 13.8 Å². The van der Waals surface area contributed by atoms with Crippen LogP contribution in [0, 0.1) is 5.41 Å². The van der Waals surface area contributed by atoms with Crippen LogP contribution >= 0.6 is 24.8 Å². The van der Waals surface area contributed by atoms with Crippen LogP contribution in [0.3, 0.4) is 0 Å². The second kappa shape index (κ2) is 10.2. The molecule has 2 aromatic rings. The normalized spacial score (nSPS) is 10.2. The standard InChI is InChI=1S/C17H22N4O2.2ClH/c1-17(2,11-18)12-21(3)16(22)13-5-4-6-14(9-13)23-15-10-19-7-8-20-15;;/h4-10H,11-12,18H2,1-3H3;2*1H. The fourth-order valence-electron chi connectivity index (χ4n) is 2.15. The monoisotopic (exact) mass is 386 g/mol. The van der Waals surface area contributed by atoms with Gasteiger partial charge in [0.05, 0.1) is 6.20 Å². The summed E-state index contributed by atoms with van der Waals surface area (Å²) in [4.78, 5) is 22.2. The van der Waals surface area contributed by atoms with Crippen LogP contribution in [0.5, 0.6) is 11.6 Å². The first-order valence-corrected chi connectivity index (χ1v) is 7.41. The predicted octanol–water partition coefficient (Wildman–Crippen LogP) is 3.17. The summed E-state index contributed by atoms with van der Waals surface area (Å²) >= 11 is 0. The molecule has 0 unspecified atom stereocenters. The molecule has 0 atom stereocenters. The van der Waals surface area contributed by atoms with Gasteiger partial charge in [-0.2, -0.15) is 0 Å². The van der Waals surface area contributed by atoms with Gasteiger partial charge < -0.3 is 15.4 Å². The van der Waals surface area contributed by atoms with E-state index in [-0.39, 0.29) is 36.1 Å². The number of carbonyl (C=O) groups excluding carboxylic acids is 1. The SMILES string of the molecule is CN(CC(C)(C)CN)C(=O)c1cccc(Oc2cnccn2)c1.Cl.Cl. The molecule has 0 aliphatic rings. The number of carbonyl (C=O) groups is 1. The van der Waals surface area contributed by atoms with Crippen LogP contribution in [-0.2, 0) is 0 Å². The van der Waals surface area contributed by atoms with Gasteiger partial charge in [0, 0.05) is 31.5 Å². The van der Waals surface area contributed by atoms with E-state index >= 15 is 0 Å². The van der Waals surface area contributed by atoms with Crippen LogP contribution in [0.4, 0.5) is 0 Å². The maximum atomic E-state index is 12.5. The molecule has 0 saturated heterocycles. The van der Waals surface area contributed by atoms with Crippen LogP contribution < -0.4 is 10.5 Å². The summed E-state index contributed by atoms with van der Waals surface area (Å²) in [6.45, 7) is 5.16. The first kappa shape index (κ1) is 23.1. The Morgan fingerprint density at radius 1 is 1.28 bits per heavy atom. The molecule has 0 aliphatic heterocycles. The third-order valence-corrected chi connectivity index (χ3v) is 3.41. The number of amides is 1. The first-order valence-electron chi connectivity index (χ1n) is 7.41. The molecule has 1 amide bonds. The Labute approximate surface area is 160 Å². The molecular formula is C17H24Cl2N4O2. The minimum Gasteiger partial charge on any atom is -0.437 e. The van der Waals surface area contributed by atoms with Crippen molar-refractivity contribution >= 4 is 30.7 Å². The van der Waals surface area contributed by atoms with E-state index in [9.17, 15) is 4.79 Å². The number of halogens is 2. The number of nitrogens with zero attached hydrogens (tertiary/aromatic N) is 3. The molecule has 0 saturated carbocycles. The maximum Gasteiger partial charge on any atom is 0.253 e. The average molecular weight is 387 g/mol. The molecule has 0 fully saturated rings. The van der Waals surface area contributed by atoms with Crippen molar-refractivity contribution in [3.05, 3.63) is 48.4 Å². The zero-order valence-corrected chi connectivity index (χ0v) is 16.1. The zero-order valence-electron chi connectivity index (χ0n) is 14.5. The van der Waals surface area contributed by atoms with Gasteiger partial charge in [0.1, 0.15) is 5.75 Å². The minimum atomic E-state index is -0.127. The van der Waals surface area contributed by atoms with Crippen molar-refractivity contribution in [1.29, 1.82) is 0 Å². The van der Waals surface area contributed by atoms with Crippen molar-refractivity contribution in [3.8, 4) is 11.6 Å². The third kappa shape index (κ3) is 6.86. The van der Waals surface area contributed by atoms with E-state index in [1.165, 1.54) is 6.20 Å². The van der Waals surface area contributed by atoms with Gasteiger partial charge in [-0.3, -0.25) is 9.78 Å². The highest BCUT2D eigenvalue weighted by Gasteiger charge is 2.22. The van der Waals surface area contributed by atoms with Gasteiger partial charge in [-0.1, -0.05) is 19.9 Å². The lowest BCUT2D eigenvalue weighted by molar-refractivity contribution is 0.0740. The van der Waals surface area contributed by atoms with Crippen molar-refractivity contribution < 1.29 is 9.53 Å². The number of benzene rings is 1. The molecule has 2 rings (SSSR count). The summed E-state index contributed by atoms with van der Waals surface area (Å²) in [7, 11) is 1.77. The van der Waals surface area contributed by atoms with Crippen molar-refractivity contribution in [3.63, 3.8) is 0 Å². The molecule has 1 aromatic heterocycles. The van der Waals surface area contributed by atoms with E-state index in [0.717, 1.165) is 0 Å². The van der Waals surface area contributed by atoms with Crippen molar-refractivity contribution in [2.24, 2.45) is 11.1 Å². The van der Waals surface area contributed by atoms with E-state index in [2.05, 4.69) is 9.97 Å². The quantitative estimate of drug-likeness (QED) is 0.824. The van der Waals surface area contributed by atoms with Gasteiger partial charge in [0.15, 0.2) is 0 Å². The van der Waals surface area contributed by atoms with Crippen LogP contribution in [0.15, 0.2) is 42.9 Å². The fourth-order valence-corrected chi connectivity index (χ4v) is 2.15. The van der Waals surface area contributed by atoms with Gasteiger partial charge in [-0.25, -0.2) is 4.98 Å². The molecule has 0 radical (unpaired) electrons. The van der Waals surface area contributed by atoms with Crippen LogP contribution in [0.2, 0.25) is 0 Å². The number of hydrogen-bond acceptors (Lipinski definition) is 5. The Balaban J connectivity index is 0.00000288. The van der Waals surface area contributed by atoms with E-state index in [0.29, 0.717) is 30.3 Å². The molecule has 0 aliphatic carbocycles. The molecule has 1 heterocycles. The van der Waals surface area contributed by atoms with Crippen molar-refractivity contribution in [2.75, 3.05) is 20.1 Å². The second-order valence-corrected chi connectivity index (χ2v) is 6.20. The lowest BCUT2D eigenvalue weighted by atomic mass is 9.93. The first-order chi connectivity index (χ1) is 10.9. The summed E-state index contributed by atoms with van der Waals surface area (Å²) in [6.07, 6.45) is 4.64. The Kier molecular flexibility index (Phi) is 9.41. The highest BCUT2D eigenvalue weighted by molar-refractivity contribution is 5.94. The lowest BCUT2D eigenvalue weighted by Gasteiger charge is -2.29. The molecule has 8 heteroatoms.